The molecule has 1 rings (SSSR count). The Bertz CT molecular complexity index is 371. The molecule has 0 saturated heterocycles. The molecule has 18 heavy (non-hydrogen) atoms. The molecule has 1 aromatic carbocycles. The summed E-state index contributed by atoms with van der Waals surface area (Å²) in [5.74, 6) is -0.353. The maximum absolute atomic E-state index is 11.2. The summed E-state index contributed by atoms with van der Waals surface area (Å²) in [5, 5.41) is 9.91. The molecule has 0 heterocycles. The zero-order valence-electron chi connectivity index (χ0n) is 11.0. The highest BCUT2D eigenvalue weighted by atomic mass is 35.5. The van der Waals surface area contributed by atoms with E-state index in [9.17, 15) is 9.90 Å². The van der Waals surface area contributed by atoms with Gasteiger partial charge in [0.25, 0.3) is 0 Å². The number of halogens is 1. The molecule has 0 amide bonds. The van der Waals surface area contributed by atoms with E-state index < -0.39 is 5.97 Å². The van der Waals surface area contributed by atoms with Gasteiger partial charge >= 0.3 is 5.97 Å². The normalized spacial score (nSPS) is 12.7. The van der Waals surface area contributed by atoms with Crippen LogP contribution in [0.1, 0.15) is 38.7 Å². The molecule has 0 radical (unpaired) electrons. The molecule has 0 aliphatic heterocycles. The van der Waals surface area contributed by atoms with Crippen molar-refractivity contribution >= 4 is 17.6 Å². The molecule has 0 fully saturated rings. The number of hydrogen-bond acceptors (Lipinski definition) is 1. The molecule has 0 aliphatic rings. The maximum atomic E-state index is 11.2. The van der Waals surface area contributed by atoms with Gasteiger partial charge in [0, 0.05) is 5.02 Å². The van der Waals surface area contributed by atoms with E-state index >= 15 is 0 Å². The summed E-state index contributed by atoms with van der Waals surface area (Å²) in [7, 11) is 0. The van der Waals surface area contributed by atoms with Crippen LogP contribution in [0.15, 0.2) is 24.3 Å². The molecule has 2 nitrogen and oxygen atoms in total. The molecular weight excluding hydrogens is 248 g/mol. The van der Waals surface area contributed by atoms with E-state index in [2.05, 4.69) is 13.8 Å². The lowest BCUT2D eigenvalue weighted by atomic mass is 9.92. The van der Waals surface area contributed by atoms with E-state index in [-0.39, 0.29) is 5.92 Å². The minimum absolute atomic E-state index is 0.287. The Kier molecular flexibility index (Phi) is 6.20. The third kappa shape index (κ3) is 5.54. The topological polar surface area (TPSA) is 37.3 Å². The number of benzene rings is 1. The second-order valence-corrected chi connectivity index (χ2v) is 5.63. The predicted molar refractivity (Wildman–Crippen MR) is 75.0 cm³/mol. The first-order valence-electron chi connectivity index (χ1n) is 6.46. The molecule has 1 unspecified atom stereocenters. The highest BCUT2D eigenvalue weighted by molar-refractivity contribution is 6.30. The predicted octanol–water partition coefficient (Wildman–Crippen LogP) is 4.41. The Labute approximate surface area is 114 Å². The van der Waals surface area contributed by atoms with Crippen molar-refractivity contribution in [2.45, 2.75) is 39.5 Å². The molecular formula is C15H21ClO2. The fraction of sp³-hybridized carbons (Fsp3) is 0.533. The number of rotatable bonds is 7. The number of carboxylic acids is 1. The Morgan fingerprint density at radius 1 is 1.22 bits per heavy atom. The highest BCUT2D eigenvalue weighted by Gasteiger charge is 2.17. The Hall–Kier alpha value is -1.02. The molecule has 3 heteroatoms. The van der Waals surface area contributed by atoms with Crippen molar-refractivity contribution in [2.75, 3.05) is 0 Å². The number of hydrogen-bond donors (Lipinski definition) is 1. The van der Waals surface area contributed by atoms with Crippen molar-refractivity contribution < 1.29 is 9.90 Å². The van der Waals surface area contributed by atoms with Crippen LogP contribution in [-0.4, -0.2) is 11.1 Å². The average Bonchev–Trinajstić information content (AvgIpc) is 2.30. The molecule has 1 aromatic rings. The summed E-state index contributed by atoms with van der Waals surface area (Å²) in [6, 6.07) is 7.43. The summed E-state index contributed by atoms with van der Waals surface area (Å²) in [6.07, 6.45) is 3.40. The van der Waals surface area contributed by atoms with E-state index in [4.69, 9.17) is 11.6 Å². The summed E-state index contributed by atoms with van der Waals surface area (Å²) >= 11 is 5.81. The first-order valence-corrected chi connectivity index (χ1v) is 6.84. The minimum atomic E-state index is -0.700. The van der Waals surface area contributed by atoms with Crippen molar-refractivity contribution in [1.82, 2.24) is 0 Å². The second kappa shape index (κ2) is 7.42. The van der Waals surface area contributed by atoms with Gasteiger partial charge < -0.3 is 5.11 Å². The van der Waals surface area contributed by atoms with E-state index in [1.807, 2.05) is 24.3 Å². The summed E-state index contributed by atoms with van der Waals surface area (Å²) < 4.78 is 0. The van der Waals surface area contributed by atoms with Gasteiger partial charge in [0.1, 0.15) is 0 Å². The lowest BCUT2D eigenvalue weighted by Crippen LogP contribution is -2.16. The van der Waals surface area contributed by atoms with E-state index in [0.29, 0.717) is 17.4 Å². The Morgan fingerprint density at radius 3 is 2.33 bits per heavy atom. The van der Waals surface area contributed by atoms with Gasteiger partial charge in [-0.2, -0.15) is 0 Å². The Morgan fingerprint density at radius 2 is 1.83 bits per heavy atom. The second-order valence-electron chi connectivity index (χ2n) is 5.19. The van der Waals surface area contributed by atoms with E-state index in [1.54, 1.807) is 0 Å². The lowest BCUT2D eigenvalue weighted by molar-refractivity contribution is -0.142. The lowest BCUT2D eigenvalue weighted by Gasteiger charge is -2.13. The van der Waals surface area contributed by atoms with Crippen LogP contribution in [-0.2, 0) is 11.2 Å². The van der Waals surface area contributed by atoms with Crippen molar-refractivity contribution in [3.05, 3.63) is 34.9 Å². The van der Waals surface area contributed by atoms with Crippen LogP contribution in [0, 0.1) is 11.8 Å². The number of aliphatic carboxylic acids is 1. The molecule has 0 spiro atoms. The van der Waals surface area contributed by atoms with Gasteiger partial charge in [-0.1, -0.05) is 50.4 Å². The largest absolute Gasteiger partial charge is 0.481 e. The van der Waals surface area contributed by atoms with Crippen LogP contribution >= 0.6 is 11.6 Å². The van der Waals surface area contributed by atoms with E-state index in [0.717, 1.165) is 24.8 Å². The molecule has 0 aromatic heterocycles. The summed E-state index contributed by atoms with van der Waals surface area (Å²) in [5.41, 5.74) is 1.04. The zero-order valence-corrected chi connectivity index (χ0v) is 11.8. The SMILES string of the molecule is CC(C)CCCC(Cc1ccc(Cl)cc1)C(=O)O. The van der Waals surface area contributed by atoms with Gasteiger partial charge in [0.05, 0.1) is 5.92 Å². The molecule has 1 atom stereocenters. The maximum Gasteiger partial charge on any atom is 0.306 e. The van der Waals surface area contributed by atoms with Crippen LogP contribution in [0.25, 0.3) is 0 Å². The average molecular weight is 269 g/mol. The van der Waals surface area contributed by atoms with Crippen molar-refractivity contribution in [3.8, 4) is 0 Å². The third-order valence-corrected chi connectivity index (χ3v) is 3.33. The van der Waals surface area contributed by atoms with Crippen LogP contribution in [0.3, 0.4) is 0 Å². The van der Waals surface area contributed by atoms with Crippen LogP contribution < -0.4 is 0 Å². The summed E-state index contributed by atoms with van der Waals surface area (Å²) in [4.78, 5) is 11.2. The molecule has 0 saturated carbocycles. The zero-order chi connectivity index (χ0) is 13.5. The molecule has 100 valence electrons. The van der Waals surface area contributed by atoms with Gasteiger partial charge in [-0.25, -0.2) is 0 Å². The van der Waals surface area contributed by atoms with Crippen molar-refractivity contribution in [1.29, 1.82) is 0 Å². The summed E-state index contributed by atoms with van der Waals surface area (Å²) in [6.45, 7) is 4.32. The van der Waals surface area contributed by atoms with Gasteiger partial charge in [0.2, 0.25) is 0 Å². The fourth-order valence-electron chi connectivity index (χ4n) is 1.99. The van der Waals surface area contributed by atoms with Crippen LogP contribution in [0.5, 0.6) is 0 Å². The Balaban J connectivity index is 2.52. The van der Waals surface area contributed by atoms with Gasteiger partial charge in [-0.3, -0.25) is 4.79 Å². The van der Waals surface area contributed by atoms with Crippen LogP contribution in [0.4, 0.5) is 0 Å². The minimum Gasteiger partial charge on any atom is -0.481 e. The quantitative estimate of drug-likeness (QED) is 0.795. The van der Waals surface area contributed by atoms with Crippen molar-refractivity contribution in [2.24, 2.45) is 11.8 Å². The smallest absolute Gasteiger partial charge is 0.306 e. The first-order chi connectivity index (χ1) is 8.49. The number of carbonyl (C=O) groups is 1. The fourth-order valence-corrected chi connectivity index (χ4v) is 2.12. The van der Waals surface area contributed by atoms with Crippen LogP contribution in [0.2, 0.25) is 5.02 Å². The third-order valence-electron chi connectivity index (χ3n) is 3.08. The molecule has 1 N–H and O–H groups in total. The highest BCUT2D eigenvalue weighted by Crippen LogP contribution is 2.19. The monoisotopic (exact) mass is 268 g/mol. The van der Waals surface area contributed by atoms with Gasteiger partial charge in [-0.15, -0.1) is 0 Å². The number of carboxylic acid groups (broad SMARTS) is 1. The first kappa shape index (κ1) is 15.0. The molecule has 0 aliphatic carbocycles. The van der Waals surface area contributed by atoms with Gasteiger partial charge in [-0.05, 0) is 36.5 Å². The van der Waals surface area contributed by atoms with Gasteiger partial charge in [0.15, 0.2) is 0 Å². The molecule has 0 bridgehead atoms. The van der Waals surface area contributed by atoms with E-state index in [1.165, 1.54) is 0 Å². The van der Waals surface area contributed by atoms with Crippen molar-refractivity contribution in [3.63, 3.8) is 0 Å². The standard InChI is InChI=1S/C15H21ClO2/c1-11(2)4-3-5-13(15(17)18)10-12-6-8-14(16)9-7-12/h6-9,11,13H,3-5,10H2,1-2H3,(H,17,18).